The van der Waals surface area contributed by atoms with E-state index in [4.69, 9.17) is 14.8 Å². The first-order valence-corrected chi connectivity index (χ1v) is 8.45. The van der Waals surface area contributed by atoms with Crippen molar-refractivity contribution in [2.45, 2.75) is 39.7 Å². The van der Waals surface area contributed by atoms with E-state index >= 15 is 0 Å². The van der Waals surface area contributed by atoms with E-state index in [2.05, 4.69) is 36.5 Å². The van der Waals surface area contributed by atoms with E-state index in [0.717, 1.165) is 28.5 Å². The van der Waals surface area contributed by atoms with Crippen LogP contribution in [0, 0.1) is 19.8 Å². The molecule has 0 bridgehead atoms. The SMILES string of the molecule is COc1ccc(-c2cc(C)c3c(C)nn(C(C)C4CC4)c3n2)cn1. The van der Waals surface area contributed by atoms with Crippen LogP contribution in [-0.2, 0) is 0 Å². The molecule has 1 unspecified atom stereocenters. The number of aromatic nitrogens is 4. The summed E-state index contributed by atoms with van der Waals surface area (Å²) in [6, 6.07) is 6.38. The molecule has 4 rings (SSSR count). The van der Waals surface area contributed by atoms with Crippen LogP contribution in [0.1, 0.15) is 37.1 Å². The van der Waals surface area contributed by atoms with Crippen molar-refractivity contribution >= 4 is 11.0 Å². The fourth-order valence-electron chi connectivity index (χ4n) is 3.39. The normalized spacial score (nSPS) is 15.7. The Hall–Kier alpha value is -2.43. The molecule has 0 amide bonds. The van der Waals surface area contributed by atoms with E-state index in [9.17, 15) is 0 Å². The van der Waals surface area contributed by atoms with Crippen molar-refractivity contribution in [3.05, 3.63) is 35.7 Å². The number of ether oxygens (including phenoxy) is 1. The number of pyridine rings is 2. The third-order valence-electron chi connectivity index (χ3n) is 4.97. The third-order valence-corrected chi connectivity index (χ3v) is 4.97. The summed E-state index contributed by atoms with van der Waals surface area (Å²) in [4.78, 5) is 9.23. The maximum atomic E-state index is 5.14. The van der Waals surface area contributed by atoms with Crippen LogP contribution in [0.3, 0.4) is 0 Å². The van der Waals surface area contributed by atoms with Crippen LogP contribution in [0.4, 0.5) is 0 Å². The van der Waals surface area contributed by atoms with Gasteiger partial charge in [-0.1, -0.05) is 0 Å². The van der Waals surface area contributed by atoms with Crippen LogP contribution in [0.25, 0.3) is 22.3 Å². The number of aryl methyl sites for hydroxylation is 2. The van der Waals surface area contributed by atoms with E-state index < -0.39 is 0 Å². The van der Waals surface area contributed by atoms with Gasteiger partial charge in [-0.2, -0.15) is 5.10 Å². The second-order valence-corrected chi connectivity index (χ2v) is 6.72. The first kappa shape index (κ1) is 15.1. The van der Waals surface area contributed by atoms with Gasteiger partial charge in [0.05, 0.1) is 24.5 Å². The highest BCUT2D eigenvalue weighted by molar-refractivity contribution is 5.85. The second-order valence-electron chi connectivity index (χ2n) is 6.72. The van der Waals surface area contributed by atoms with Crippen LogP contribution >= 0.6 is 0 Å². The largest absolute Gasteiger partial charge is 0.481 e. The lowest BCUT2D eigenvalue weighted by molar-refractivity contribution is 0.398. The molecule has 1 atom stereocenters. The molecule has 0 radical (unpaired) electrons. The Kier molecular flexibility index (Phi) is 3.52. The number of methoxy groups -OCH3 is 1. The highest BCUT2D eigenvalue weighted by atomic mass is 16.5. The second kappa shape index (κ2) is 5.58. The van der Waals surface area contributed by atoms with E-state index in [1.807, 2.05) is 18.3 Å². The molecule has 5 nitrogen and oxygen atoms in total. The zero-order valence-corrected chi connectivity index (χ0v) is 14.6. The maximum Gasteiger partial charge on any atom is 0.212 e. The molecule has 0 aliphatic heterocycles. The highest BCUT2D eigenvalue weighted by Gasteiger charge is 2.31. The summed E-state index contributed by atoms with van der Waals surface area (Å²) in [5, 5.41) is 5.97. The van der Waals surface area contributed by atoms with Crippen molar-refractivity contribution in [2.24, 2.45) is 5.92 Å². The summed E-state index contributed by atoms with van der Waals surface area (Å²) < 4.78 is 7.26. The van der Waals surface area contributed by atoms with Crippen LogP contribution in [-0.4, -0.2) is 26.9 Å². The van der Waals surface area contributed by atoms with Gasteiger partial charge in [0.1, 0.15) is 0 Å². The minimum atomic E-state index is 0.400. The Morgan fingerprint density at radius 1 is 1.25 bits per heavy atom. The molecule has 0 spiro atoms. The van der Waals surface area contributed by atoms with Crippen molar-refractivity contribution < 1.29 is 4.74 Å². The van der Waals surface area contributed by atoms with Crippen molar-refractivity contribution in [2.75, 3.05) is 7.11 Å². The summed E-state index contributed by atoms with van der Waals surface area (Å²) in [5.74, 6) is 1.35. The summed E-state index contributed by atoms with van der Waals surface area (Å²) in [5.41, 5.74) is 5.17. The van der Waals surface area contributed by atoms with Gasteiger partial charge < -0.3 is 4.74 Å². The van der Waals surface area contributed by atoms with Gasteiger partial charge in [0, 0.05) is 23.2 Å². The van der Waals surface area contributed by atoms with E-state index in [-0.39, 0.29) is 0 Å². The average molecular weight is 322 g/mol. The minimum Gasteiger partial charge on any atom is -0.481 e. The molecule has 0 saturated heterocycles. The van der Waals surface area contributed by atoms with Crippen molar-refractivity contribution in [3.8, 4) is 17.1 Å². The first-order chi connectivity index (χ1) is 11.6. The summed E-state index contributed by atoms with van der Waals surface area (Å²) in [6.07, 6.45) is 4.40. The molecule has 5 heteroatoms. The van der Waals surface area contributed by atoms with E-state index in [1.54, 1.807) is 7.11 Å². The molecule has 3 aromatic rings. The number of nitrogens with zero attached hydrogens (tertiary/aromatic N) is 4. The predicted molar refractivity (Wildman–Crippen MR) is 94.2 cm³/mol. The number of rotatable bonds is 4. The molecule has 0 N–H and O–H groups in total. The molecule has 1 aliphatic rings. The Morgan fingerprint density at radius 2 is 2.04 bits per heavy atom. The number of fused-ring (bicyclic) bond motifs is 1. The lowest BCUT2D eigenvalue weighted by Crippen LogP contribution is -2.10. The molecule has 124 valence electrons. The van der Waals surface area contributed by atoms with Crippen molar-refractivity contribution in [3.63, 3.8) is 0 Å². The van der Waals surface area contributed by atoms with Crippen molar-refractivity contribution in [1.29, 1.82) is 0 Å². The standard InChI is InChI=1S/C19H22N4O/c1-11-9-16(15-7-8-17(24-4)20-10-15)21-19-18(11)12(2)22-23(19)13(3)14-5-6-14/h7-10,13-14H,5-6H2,1-4H3. The number of hydrogen-bond donors (Lipinski definition) is 0. The van der Waals surface area contributed by atoms with Crippen molar-refractivity contribution in [1.82, 2.24) is 19.7 Å². The summed E-state index contributed by atoms with van der Waals surface area (Å²) in [6.45, 7) is 6.45. The molecule has 0 aromatic carbocycles. The van der Waals surface area contributed by atoms with Gasteiger partial charge in [0.25, 0.3) is 0 Å². The van der Waals surface area contributed by atoms with Gasteiger partial charge >= 0.3 is 0 Å². The van der Waals surface area contributed by atoms with Gasteiger partial charge in [-0.05, 0) is 57.2 Å². The van der Waals surface area contributed by atoms with Gasteiger partial charge in [-0.3, -0.25) is 0 Å². The smallest absolute Gasteiger partial charge is 0.212 e. The third kappa shape index (κ3) is 2.44. The highest BCUT2D eigenvalue weighted by Crippen LogP contribution is 2.41. The Labute approximate surface area is 141 Å². The molecular weight excluding hydrogens is 300 g/mol. The Bertz CT molecular complexity index is 894. The van der Waals surface area contributed by atoms with Crippen LogP contribution in [0.15, 0.2) is 24.4 Å². The predicted octanol–water partition coefficient (Wildman–Crippen LogP) is 4.09. The first-order valence-electron chi connectivity index (χ1n) is 8.45. The topological polar surface area (TPSA) is 52.8 Å². The zero-order valence-electron chi connectivity index (χ0n) is 14.6. The van der Waals surface area contributed by atoms with Gasteiger partial charge in [0.15, 0.2) is 5.65 Å². The fourth-order valence-corrected chi connectivity index (χ4v) is 3.39. The quantitative estimate of drug-likeness (QED) is 0.726. The maximum absolute atomic E-state index is 5.14. The van der Waals surface area contributed by atoms with Gasteiger partial charge in [-0.15, -0.1) is 0 Å². The Balaban J connectivity index is 1.86. The average Bonchev–Trinajstić information content (AvgIpc) is 3.38. The summed E-state index contributed by atoms with van der Waals surface area (Å²) in [7, 11) is 1.62. The van der Waals surface area contributed by atoms with Crippen LogP contribution < -0.4 is 4.74 Å². The molecule has 1 saturated carbocycles. The Morgan fingerprint density at radius 3 is 2.67 bits per heavy atom. The van der Waals surface area contributed by atoms with Gasteiger partial charge in [-0.25, -0.2) is 14.6 Å². The molecule has 24 heavy (non-hydrogen) atoms. The molecular formula is C19H22N4O. The number of hydrogen-bond acceptors (Lipinski definition) is 4. The molecule has 3 aromatic heterocycles. The minimum absolute atomic E-state index is 0.400. The van der Waals surface area contributed by atoms with Crippen LogP contribution in [0.2, 0.25) is 0 Å². The lowest BCUT2D eigenvalue weighted by atomic mass is 10.1. The van der Waals surface area contributed by atoms with Gasteiger partial charge in [0.2, 0.25) is 5.88 Å². The zero-order chi connectivity index (χ0) is 16.8. The monoisotopic (exact) mass is 322 g/mol. The summed E-state index contributed by atoms with van der Waals surface area (Å²) >= 11 is 0. The fraction of sp³-hybridized carbons (Fsp3) is 0.421. The molecule has 1 fully saturated rings. The molecule has 3 heterocycles. The molecule has 1 aliphatic carbocycles. The van der Waals surface area contributed by atoms with Crippen LogP contribution in [0.5, 0.6) is 5.88 Å². The van der Waals surface area contributed by atoms with E-state index in [1.165, 1.54) is 23.8 Å². The lowest BCUT2D eigenvalue weighted by Gasteiger charge is -2.12. The van der Waals surface area contributed by atoms with E-state index in [0.29, 0.717) is 11.9 Å².